The Morgan fingerprint density at radius 3 is 2.54 bits per heavy atom. The van der Waals surface area contributed by atoms with Crippen LogP contribution in [0.2, 0.25) is 0 Å². The maximum Gasteiger partial charge on any atom is 0.228 e. The van der Waals surface area contributed by atoms with Crippen LogP contribution in [0, 0.1) is 12.8 Å². The number of amides is 2. The van der Waals surface area contributed by atoms with Gasteiger partial charge in [-0.3, -0.25) is 9.59 Å². The summed E-state index contributed by atoms with van der Waals surface area (Å²) in [4.78, 5) is 28.6. The highest BCUT2D eigenvalue weighted by Crippen LogP contribution is 2.28. The van der Waals surface area contributed by atoms with Gasteiger partial charge in [0.25, 0.3) is 0 Å². The van der Waals surface area contributed by atoms with Crippen molar-refractivity contribution in [1.82, 2.24) is 4.90 Å². The van der Waals surface area contributed by atoms with Crippen LogP contribution in [0.4, 0.5) is 5.69 Å². The average Bonchev–Trinajstić information content (AvgIpc) is 3.04. The van der Waals surface area contributed by atoms with Gasteiger partial charge in [-0.25, -0.2) is 0 Å². The Labute approximate surface area is 154 Å². The fourth-order valence-electron chi connectivity index (χ4n) is 3.32. The normalized spacial score (nSPS) is 16.7. The van der Waals surface area contributed by atoms with E-state index in [-0.39, 0.29) is 24.2 Å². The highest BCUT2D eigenvalue weighted by atomic mass is 16.5. The first-order chi connectivity index (χ1) is 12.5. The monoisotopic (exact) mass is 352 g/mol. The van der Waals surface area contributed by atoms with E-state index < -0.39 is 0 Å². The van der Waals surface area contributed by atoms with Crippen LogP contribution in [0.25, 0.3) is 0 Å². The number of benzene rings is 2. The van der Waals surface area contributed by atoms with E-state index in [1.54, 1.807) is 24.0 Å². The highest BCUT2D eigenvalue weighted by Gasteiger charge is 2.36. The van der Waals surface area contributed by atoms with E-state index in [1.807, 2.05) is 55.5 Å². The molecule has 5 heteroatoms. The summed E-state index contributed by atoms with van der Waals surface area (Å²) in [5.74, 6) is 0.431. The van der Waals surface area contributed by atoms with Crippen molar-refractivity contribution in [2.24, 2.45) is 5.92 Å². The van der Waals surface area contributed by atoms with Crippen molar-refractivity contribution < 1.29 is 14.3 Å². The van der Waals surface area contributed by atoms with Crippen molar-refractivity contribution in [3.05, 3.63) is 59.7 Å². The maximum absolute atomic E-state index is 12.8. The fraction of sp³-hybridized carbons (Fsp3) is 0.333. The van der Waals surface area contributed by atoms with Gasteiger partial charge in [0.05, 0.1) is 13.0 Å². The maximum atomic E-state index is 12.8. The fourth-order valence-corrected chi connectivity index (χ4v) is 3.32. The van der Waals surface area contributed by atoms with Gasteiger partial charge in [0, 0.05) is 32.2 Å². The smallest absolute Gasteiger partial charge is 0.228 e. The molecular formula is C21H24N2O3. The molecule has 1 fully saturated rings. The third-order valence-electron chi connectivity index (χ3n) is 4.90. The van der Waals surface area contributed by atoms with E-state index in [0.717, 1.165) is 22.6 Å². The third kappa shape index (κ3) is 3.72. The molecule has 1 aliphatic rings. The molecule has 1 aliphatic heterocycles. The van der Waals surface area contributed by atoms with Gasteiger partial charge in [-0.15, -0.1) is 0 Å². The van der Waals surface area contributed by atoms with Crippen LogP contribution in [0.15, 0.2) is 48.5 Å². The van der Waals surface area contributed by atoms with Gasteiger partial charge in [0.2, 0.25) is 11.8 Å². The molecule has 2 aromatic rings. The molecule has 2 amide bonds. The number of rotatable bonds is 5. The Balaban J connectivity index is 1.67. The second kappa shape index (κ2) is 7.60. The molecule has 3 rings (SSSR count). The lowest BCUT2D eigenvalue weighted by Gasteiger charge is -2.22. The van der Waals surface area contributed by atoms with E-state index in [0.29, 0.717) is 13.1 Å². The number of hydrogen-bond donors (Lipinski definition) is 0. The van der Waals surface area contributed by atoms with Gasteiger partial charge in [0.1, 0.15) is 5.75 Å². The van der Waals surface area contributed by atoms with Gasteiger partial charge in [-0.2, -0.15) is 0 Å². The van der Waals surface area contributed by atoms with Crippen LogP contribution >= 0.6 is 0 Å². The lowest BCUT2D eigenvalue weighted by atomic mass is 10.1. The van der Waals surface area contributed by atoms with Gasteiger partial charge < -0.3 is 14.5 Å². The first kappa shape index (κ1) is 18.0. The average molecular weight is 352 g/mol. The first-order valence-electron chi connectivity index (χ1n) is 8.73. The predicted molar refractivity (Wildman–Crippen MR) is 101 cm³/mol. The summed E-state index contributed by atoms with van der Waals surface area (Å²) in [5.41, 5.74) is 3.09. The number of carbonyl (C=O) groups excluding carboxylic acids is 2. The summed E-state index contributed by atoms with van der Waals surface area (Å²) in [6.07, 6.45) is 0.253. The molecule has 0 radical (unpaired) electrons. The van der Waals surface area contributed by atoms with Crippen LogP contribution in [-0.4, -0.2) is 37.4 Å². The van der Waals surface area contributed by atoms with Gasteiger partial charge in [-0.1, -0.05) is 24.3 Å². The van der Waals surface area contributed by atoms with Crippen molar-refractivity contribution in [1.29, 1.82) is 0 Å². The summed E-state index contributed by atoms with van der Waals surface area (Å²) >= 11 is 0. The molecule has 1 atom stereocenters. The Kier molecular flexibility index (Phi) is 5.26. The lowest BCUT2D eigenvalue weighted by Crippen LogP contribution is -2.34. The minimum absolute atomic E-state index is 0.0117. The minimum Gasteiger partial charge on any atom is -0.497 e. The molecule has 1 unspecified atom stereocenters. The minimum atomic E-state index is -0.307. The van der Waals surface area contributed by atoms with Crippen molar-refractivity contribution in [2.75, 3.05) is 25.6 Å². The van der Waals surface area contributed by atoms with Crippen molar-refractivity contribution in [3.8, 4) is 5.75 Å². The predicted octanol–water partition coefficient (Wildman–Crippen LogP) is 3.02. The number of nitrogens with zero attached hydrogens (tertiary/aromatic N) is 2. The Hall–Kier alpha value is -2.82. The van der Waals surface area contributed by atoms with Crippen molar-refractivity contribution >= 4 is 17.5 Å². The highest BCUT2D eigenvalue weighted by molar-refractivity contribution is 6.00. The molecule has 0 spiro atoms. The molecule has 0 saturated carbocycles. The second-order valence-electron chi connectivity index (χ2n) is 6.72. The molecule has 0 bridgehead atoms. The number of aryl methyl sites for hydroxylation is 1. The molecule has 136 valence electrons. The van der Waals surface area contributed by atoms with Crippen molar-refractivity contribution in [3.63, 3.8) is 0 Å². The summed E-state index contributed by atoms with van der Waals surface area (Å²) < 4.78 is 5.15. The molecule has 0 aliphatic carbocycles. The SMILES string of the molecule is COc1ccc(N2CC(C(=O)N(C)Cc3ccccc3C)CC2=O)cc1. The standard InChI is InChI=1S/C21H24N2O3/c1-15-6-4-5-7-16(15)13-22(2)21(25)17-12-20(24)23(14-17)18-8-10-19(26-3)11-9-18/h4-11,17H,12-14H2,1-3H3. The quantitative estimate of drug-likeness (QED) is 0.831. The topological polar surface area (TPSA) is 49.9 Å². The van der Waals surface area contributed by atoms with Crippen LogP contribution < -0.4 is 9.64 Å². The van der Waals surface area contributed by atoms with Crippen LogP contribution in [0.5, 0.6) is 5.75 Å². The van der Waals surface area contributed by atoms with Gasteiger partial charge >= 0.3 is 0 Å². The summed E-state index contributed by atoms with van der Waals surface area (Å²) in [6, 6.07) is 15.4. The number of anilines is 1. The lowest BCUT2D eigenvalue weighted by molar-refractivity contribution is -0.135. The van der Waals surface area contributed by atoms with E-state index >= 15 is 0 Å². The number of methoxy groups -OCH3 is 1. The zero-order valence-corrected chi connectivity index (χ0v) is 15.4. The van der Waals surface area contributed by atoms with Gasteiger partial charge in [-0.05, 0) is 42.3 Å². The van der Waals surface area contributed by atoms with E-state index in [1.165, 1.54) is 0 Å². The molecule has 2 aromatic carbocycles. The molecule has 1 heterocycles. The molecule has 0 N–H and O–H groups in total. The number of ether oxygens (including phenoxy) is 1. The number of hydrogen-bond acceptors (Lipinski definition) is 3. The largest absolute Gasteiger partial charge is 0.497 e. The third-order valence-corrected chi connectivity index (χ3v) is 4.90. The Morgan fingerprint density at radius 1 is 1.19 bits per heavy atom. The molecule has 5 nitrogen and oxygen atoms in total. The Morgan fingerprint density at radius 2 is 1.88 bits per heavy atom. The van der Waals surface area contributed by atoms with Crippen LogP contribution in [-0.2, 0) is 16.1 Å². The van der Waals surface area contributed by atoms with Crippen LogP contribution in [0.3, 0.4) is 0 Å². The van der Waals surface area contributed by atoms with E-state index in [4.69, 9.17) is 4.74 Å². The number of carbonyl (C=O) groups is 2. The zero-order chi connectivity index (χ0) is 18.7. The molecule has 1 saturated heterocycles. The zero-order valence-electron chi connectivity index (χ0n) is 15.4. The molecule has 0 aromatic heterocycles. The second-order valence-corrected chi connectivity index (χ2v) is 6.72. The summed E-state index contributed by atoms with van der Waals surface area (Å²) in [6.45, 7) is 3.01. The van der Waals surface area contributed by atoms with E-state index in [2.05, 4.69) is 0 Å². The molecule has 26 heavy (non-hydrogen) atoms. The Bertz CT molecular complexity index is 801. The molecular weight excluding hydrogens is 328 g/mol. The van der Waals surface area contributed by atoms with E-state index in [9.17, 15) is 9.59 Å². The summed E-state index contributed by atoms with van der Waals surface area (Å²) in [5, 5.41) is 0. The first-order valence-corrected chi connectivity index (χ1v) is 8.73. The van der Waals surface area contributed by atoms with Gasteiger partial charge in [0.15, 0.2) is 0 Å². The summed E-state index contributed by atoms with van der Waals surface area (Å²) in [7, 11) is 3.41. The van der Waals surface area contributed by atoms with Crippen molar-refractivity contribution in [2.45, 2.75) is 19.9 Å². The van der Waals surface area contributed by atoms with Crippen LogP contribution in [0.1, 0.15) is 17.5 Å².